The van der Waals surface area contributed by atoms with E-state index < -0.39 is 15.8 Å². The van der Waals surface area contributed by atoms with Crippen molar-refractivity contribution in [3.63, 3.8) is 0 Å². The molecular formula is C16H23NO6S. The molecular weight excluding hydrogens is 334 g/mol. The largest absolute Gasteiger partial charge is 0.493 e. The summed E-state index contributed by atoms with van der Waals surface area (Å²) in [5, 5.41) is 0. The fourth-order valence-corrected chi connectivity index (χ4v) is 4.60. The van der Waals surface area contributed by atoms with Gasteiger partial charge in [0, 0.05) is 24.6 Å². The Balaban J connectivity index is 1.74. The Morgan fingerprint density at radius 3 is 2.17 bits per heavy atom. The van der Waals surface area contributed by atoms with Crippen LogP contribution in [0.5, 0.6) is 11.5 Å². The minimum absolute atomic E-state index is 0.188. The summed E-state index contributed by atoms with van der Waals surface area (Å²) < 4.78 is 48.7. The Morgan fingerprint density at radius 1 is 1.04 bits per heavy atom. The summed E-state index contributed by atoms with van der Waals surface area (Å²) in [5.74, 6) is 0.279. The highest BCUT2D eigenvalue weighted by molar-refractivity contribution is 7.89. The summed E-state index contributed by atoms with van der Waals surface area (Å²) in [6.45, 7) is 5.49. The first-order valence-electron chi connectivity index (χ1n) is 7.72. The molecule has 0 saturated carbocycles. The van der Waals surface area contributed by atoms with E-state index in [1.54, 1.807) is 6.07 Å². The van der Waals surface area contributed by atoms with Gasteiger partial charge in [-0.2, -0.15) is 4.31 Å². The van der Waals surface area contributed by atoms with Gasteiger partial charge in [0.15, 0.2) is 17.3 Å². The van der Waals surface area contributed by atoms with E-state index in [2.05, 4.69) is 0 Å². The van der Waals surface area contributed by atoms with E-state index in [0.717, 1.165) is 0 Å². The van der Waals surface area contributed by atoms with Gasteiger partial charge in [-0.05, 0) is 26.0 Å². The molecule has 2 aliphatic rings. The average molecular weight is 357 g/mol. The molecule has 0 radical (unpaired) electrons. The molecule has 0 atom stereocenters. The maximum absolute atomic E-state index is 12.8. The summed E-state index contributed by atoms with van der Waals surface area (Å²) in [7, 11) is -0.590. The predicted molar refractivity (Wildman–Crippen MR) is 86.7 cm³/mol. The second kappa shape index (κ2) is 5.87. The highest BCUT2D eigenvalue weighted by Crippen LogP contribution is 2.41. The summed E-state index contributed by atoms with van der Waals surface area (Å²) >= 11 is 0. The van der Waals surface area contributed by atoms with Crippen LogP contribution in [0, 0.1) is 5.41 Å². The number of rotatable bonds is 4. The molecule has 0 aromatic heterocycles. The van der Waals surface area contributed by atoms with Crippen molar-refractivity contribution in [2.75, 3.05) is 40.5 Å². The molecule has 2 aliphatic heterocycles. The minimum Gasteiger partial charge on any atom is -0.493 e. The lowest BCUT2D eigenvalue weighted by molar-refractivity contribution is -0.299. The maximum Gasteiger partial charge on any atom is 0.243 e. The van der Waals surface area contributed by atoms with Crippen LogP contribution >= 0.6 is 0 Å². The molecule has 1 aromatic carbocycles. The third kappa shape index (κ3) is 2.99. The van der Waals surface area contributed by atoms with Crippen molar-refractivity contribution in [3.05, 3.63) is 18.2 Å². The predicted octanol–water partition coefficient (Wildman–Crippen LogP) is 1.48. The summed E-state index contributed by atoms with van der Waals surface area (Å²) in [5.41, 5.74) is -0.251. The van der Waals surface area contributed by atoms with E-state index in [1.165, 1.54) is 30.7 Å². The maximum atomic E-state index is 12.8. The summed E-state index contributed by atoms with van der Waals surface area (Å²) in [6, 6.07) is 4.60. The molecule has 134 valence electrons. The van der Waals surface area contributed by atoms with Crippen molar-refractivity contribution in [2.24, 2.45) is 5.41 Å². The molecule has 0 N–H and O–H groups in total. The zero-order valence-corrected chi connectivity index (χ0v) is 15.2. The lowest BCUT2D eigenvalue weighted by Crippen LogP contribution is -2.65. The highest BCUT2D eigenvalue weighted by Gasteiger charge is 2.52. The number of hydrogen-bond acceptors (Lipinski definition) is 6. The molecule has 8 heteroatoms. The van der Waals surface area contributed by atoms with Crippen molar-refractivity contribution in [1.82, 2.24) is 4.31 Å². The fourth-order valence-electron chi connectivity index (χ4n) is 2.92. The Bertz CT molecular complexity index is 712. The number of hydrogen-bond donors (Lipinski definition) is 0. The third-order valence-corrected chi connectivity index (χ3v) is 6.26. The van der Waals surface area contributed by atoms with Crippen LogP contribution in [0.15, 0.2) is 23.1 Å². The van der Waals surface area contributed by atoms with Gasteiger partial charge in [0.25, 0.3) is 0 Å². The highest BCUT2D eigenvalue weighted by atomic mass is 32.2. The molecule has 2 saturated heterocycles. The van der Waals surface area contributed by atoms with Crippen molar-refractivity contribution in [1.29, 1.82) is 0 Å². The first-order chi connectivity index (χ1) is 11.2. The van der Waals surface area contributed by atoms with Crippen LogP contribution in [0.25, 0.3) is 0 Å². The monoisotopic (exact) mass is 357 g/mol. The van der Waals surface area contributed by atoms with Crippen LogP contribution in [0.4, 0.5) is 0 Å². The molecule has 0 unspecified atom stereocenters. The van der Waals surface area contributed by atoms with Crippen LogP contribution in [0.3, 0.4) is 0 Å². The molecule has 1 spiro atoms. The van der Waals surface area contributed by atoms with Gasteiger partial charge in [0.1, 0.15) is 0 Å². The number of nitrogens with zero attached hydrogens (tertiary/aromatic N) is 1. The standard InChI is InChI=1S/C16H23NO6S/c1-15(2)22-10-16(11-23-15)8-17(9-16)24(18,19)12-5-6-13(20-3)14(7-12)21-4/h5-7H,8-11H2,1-4H3. The van der Waals surface area contributed by atoms with Gasteiger partial charge in [0.2, 0.25) is 10.0 Å². The summed E-state index contributed by atoms with van der Waals surface area (Å²) in [4.78, 5) is 0.188. The first kappa shape index (κ1) is 17.5. The van der Waals surface area contributed by atoms with E-state index in [0.29, 0.717) is 37.8 Å². The van der Waals surface area contributed by atoms with Crippen LogP contribution in [-0.2, 0) is 19.5 Å². The number of sulfonamides is 1. The average Bonchev–Trinajstić information content (AvgIpc) is 2.52. The number of ether oxygens (including phenoxy) is 4. The third-order valence-electron chi connectivity index (χ3n) is 4.47. The smallest absolute Gasteiger partial charge is 0.243 e. The van der Waals surface area contributed by atoms with Crippen LogP contribution in [0.2, 0.25) is 0 Å². The van der Waals surface area contributed by atoms with Gasteiger partial charge in [-0.25, -0.2) is 8.42 Å². The van der Waals surface area contributed by atoms with Gasteiger partial charge in [0.05, 0.1) is 32.3 Å². The summed E-state index contributed by atoms with van der Waals surface area (Å²) in [6.07, 6.45) is 0. The second-order valence-electron chi connectivity index (χ2n) is 6.77. The van der Waals surface area contributed by atoms with Gasteiger partial charge < -0.3 is 18.9 Å². The van der Waals surface area contributed by atoms with E-state index in [9.17, 15) is 8.42 Å². The molecule has 0 amide bonds. The van der Waals surface area contributed by atoms with Gasteiger partial charge in [-0.1, -0.05) is 0 Å². The Labute approximate surface area is 142 Å². The zero-order chi connectivity index (χ0) is 17.6. The molecule has 0 bridgehead atoms. The minimum atomic E-state index is -3.58. The van der Waals surface area contributed by atoms with E-state index in [4.69, 9.17) is 18.9 Å². The normalized spacial score (nSPS) is 22.8. The van der Waals surface area contributed by atoms with Crippen molar-refractivity contribution in [2.45, 2.75) is 24.5 Å². The molecule has 7 nitrogen and oxygen atoms in total. The van der Waals surface area contributed by atoms with Gasteiger partial charge in [-0.15, -0.1) is 0 Å². The van der Waals surface area contributed by atoms with Crippen LogP contribution in [-0.4, -0.2) is 59.0 Å². The number of benzene rings is 1. The van der Waals surface area contributed by atoms with Gasteiger partial charge in [-0.3, -0.25) is 0 Å². The van der Waals surface area contributed by atoms with E-state index in [1.807, 2.05) is 13.8 Å². The Kier molecular flexibility index (Phi) is 4.28. The quantitative estimate of drug-likeness (QED) is 0.813. The van der Waals surface area contributed by atoms with E-state index >= 15 is 0 Å². The topological polar surface area (TPSA) is 74.3 Å². The molecule has 2 fully saturated rings. The molecule has 24 heavy (non-hydrogen) atoms. The zero-order valence-electron chi connectivity index (χ0n) is 14.4. The lowest BCUT2D eigenvalue weighted by Gasteiger charge is -2.53. The van der Waals surface area contributed by atoms with Gasteiger partial charge >= 0.3 is 0 Å². The van der Waals surface area contributed by atoms with Crippen molar-refractivity contribution >= 4 is 10.0 Å². The molecule has 2 heterocycles. The van der Waals surface area contributed by atoms with E-state index in [-0.39, 0.29) is 10.3 Å². The van der Waals surface area contributed by atoms with Crippen molar-refractivity contribution in [3.8, 4) is 11.5 Å². The molecule has 0 aliphatic carbocycles. The Morgan fingerprint density at radius 2 is 1.62 bits per heavy atom. The SMILES string of the molecule is COc1ccc(S(=O)(=O)N2CC3(COC(C)(C)OC3)C2)cc1OC. The molecule has 1 aromatic rings. The second-order valence-corrected chi connectivity index (χ2v) is 8.71. The van der Waals surface area contributed by atoms with Crippen LogP contribution < -0.4 is 9.47 Å². The van der Waals surface area contributed by atoms with Crippen molar-refractivity contribution < 1.29 is 27.4 Å². The molecule has 3 rings (SSSR count). The first-order valence-corrected chi connectivity index (χ1v) is 9.16. The number of methoxy groups -OCH3 is 2. The fraction of sp³-hybridized carbons (Fsp3) is 0.625. The Hall–Kier alpha value is -1.35. The van der Waals surface area contributed by atoms with Crippen LogP contribution in [0.1, 0.15) is 13.8 Å². The lowest BCUT2D eigenvalue weighted by atomic mass is 9.82.